The predicted molar refractivity (Wildman–Crippen MR) is 92.8 cm³/mol. The van der Waals surface area contributed by atoms with Gasteiger partial charge in [0, 0.05) is 19.6 Å². The minimum Gasteiger partial charge on any atom is -0.349 e. The van der Waals surface area contributed by atoms with Crippen molar-refractivity contribution in [2.24, 2.45) is 5.92 Å². The van der Waals surface area contributed by atoms with Crippen molar-refractivity contribution in [1.29, 1.82) is 0 Å². The van der Waals surface area contributed by atoms with Gasteiger partial charge in [-0.15, -0.1) is 0 Å². The van der Waals surface area contributed by atoms with Gasteiger partial charge in [0.25, 0.3) is 5.56 Å². The van der Waals surface area contributed by atoms with Crippen molar-refractivity contribution in [2.75, 3.05) is 6.61 Å². The van der Waals surface area contributed by atoms with E-state index in [1.807, 2.05) is 20.8 Å². The molecule has 146 valence electrons. The Bertz CT molecular complexity index is 763. The third-order valence-corrected chi connectivity index (χ3v) is 6.24. The van der Waals surface area contributed by atoms with Gasteiger partial charge < -0.3 is 18.3 Å². The molecule has 3 rings (SSSR count). The number of halogens is 2. The first kappa shape index (κ1) is 22.1. The van der Waals surface area contributed by atoms with Crippen LogP contribution in [0, 0.1) is 5.92 Å². The average Bonchev–Trinajstić information content (AvgIpc) is 2.75. The molecule has 0 aromatic carbocycles. The summed E-state index contributed by atoms with van der Waals surface area (Å²) in [5.41, 5.74) is -0.971. The molecule has 12 heteroatoms. The van der Waals surface area contributed by atoms with E-state index in [0.717, 1.165) is 0 Å². The van der Waals surface area contributed by atoms with Gasteiger partial charge in [0.05, 0.1) is 12.7 Å². The van der Waals surface area contributed by atoms with E-state index in [-0.39, 0.29) is 41.7 Å². The summed E-state index contributed by atoms with van der Waals surface area (Å²) in [6, 6.07) is 1.28. The molecule has 3 heterocycles. The van der Waals surface area contributed by atoms with Crippen LogP contribution in [0.5, 0.6) is 0 Å². The Hall–Kier alpha value is -0.970. The maximum atomic E-state index is 12.0. The Labute approximate surface area is 148 Å². The highest BCUT2D eigenvalue weighted by Gasteiger charge is 2.50. The second kappa shape index (κ2) is 8.15. The van der Waals surface area contributed by atoms with Crippen molar-refractivity contribution in [3.8, 4) is 0 Å². The molecule has 1 unspecified atom stereocenters. The molecule has 8 nitrogen and oxygen atoms in total. The second-order valence-electron chi connectivity index (χ2n) is 5.91. The molecule has 2 fully saturated rings. The van der Waals surface area contributed by atoms with Crippen LogP contribution < -0.4 is 11.2 Å². The van der Waals surface area contributed by atoms with Crippen LogP contribution in [0.1, 0.15) is 28.4 Å². The fourth-order valence-corrected chi connectivity index (χ4v) is 5.42. The topological polar surface area (TPSA) is 91.8 Å². The molecule has 5 atom stereocenters. The van der Waals surface area contributed by atoms with E-state index in [1.54, 1.807) is 0 Å². The molecule has 1 aromatic heterocycles. The van der Waals surface area contributed by atoms with E-state index in [2.05, 4.69) is 4.98 Å². The molecule has 0 saturated carbocycles. The summed E-state index contributed by atoms with van der Waals surface area (Å²) >= 11 is 5.38. The first-order chi connectivity index (χ1) is 10.8. The van der Waals surface area contributed by atoms with Crippen LogP contribution in [0.3, 0.4) is 0 Å². The van der Waals surface area contributed by atoms with Crippen molar-refractivity contribution >= 4 is 18.5 Å². The molecule has 1 N–H and O–H groups in total. The Morgan fingerprint density at radius 2 is 2.12 bits per heavy atom. The maximum absolute atomic E-state index is 12.0. The number of ether oxygens (including phenoxy) is 1. The summed E-state index contributed by atoms with van der Waals surface area (Å²) in [6.07, 6.45) is 0.102. The van der Waals surface area contributed by atoms with Crippen LogP contribution in [-0.4, -0.2) is 34.5 Å². The van der Waals surface area contributed by atoms with E-state index in [0.29, 0.717) is 0 Å². The maximum Gasteiger partial charge on any atom is 0.330 e. The SMILES string of the molecule is CC(C)OP1(=S)OC[C@H]2O[C@@H](n3ccc(=O)[nH]c3=O)[C@@H](C)[C@@H]2O1.F.F.[HH]. The number of nitrogens with one attached hydrogen (secondary N) is 1. The second-order valence-corrected chi connectivity index (χ2v) is 8.82. The largest absolute Gasteiger partial charge is 0.349 e. The summed E-state index contributed by atoms with van der Waals surface area (Å²) in [5, 5.41) is 0. The summed E-state index contributed by atoms with van der Waals surface area (Å²) in [6.45, 7) is 3.09. The summed E-state index contributed by atoms with van der Waals surface area (Å²) in [4.78, 5) is 25.4. The Kier molecular flexibility index (Phi) is 7.20. The summed E-state index contributed by atoms with van der Waals surface area (Å²) in [7, 11) is 0. The predicted octanol–water partition coefficient (Wildman–Crippen LogP) is 1.69. The zero-order chi connectivity index (χ0) is 16.8. The van der Waals surface area contributed by atoms with Gasteiger partial charge in [-0.1, -0.05) is 6.92 Å². The van der Waals surface area contributed by atoms with Crippen molar-refractivity contribution in [2.45, 2.75) is 45.3 Å². The molecule has 25 heavy (non-hydrogen) atoms. The van der Waals surface area contributed by atoms with E-state index in [1.165, 1.54) is 16.8 Å². The molecule has 0 aliphatic carbocycles. The normalized spacial score (nSPS) is 34.1. The third kappa shape index (κ3) is 4.42. The van der Waals surface area contributed by atoms with Gasteiger partial charge in [-0.2, -0.15) is 0 Å². The van der Waals surface area contributed by atoms with Crippen molar-refractivity contribution < 1.29 is 29.1 Å². The number of hydrogen-bond donors (Lipinski definition) is 1. The van der Waals surface area contributed by atoms with E-state index >= 15 is 0 Å². The van der Waals surface area contributed by atoms with E-state index in [4.69, 9.17) is 30.1 Å². The fraction of sp³-hybridized carbons (Fsp3) is 0.692. The van der Waals surface area contributed by atoms with E-state index < -0.39 is 24.2 Å². The minimum atomic E-state index is -2.81. The molecule has 0 bridgehead atoms. The highest BCUT2D eigenvalue weighted by atomic mass is 32.5. The summed E-state index contributed by atoms with van der Waals surface area (Å²) in [5.74, 6) is -0.148. The van der Waals surface area contributed by atoms with Crippen molar-refractivity contribution in [3.05, 3.63) is 33.1 Å². The number of rotatable bonds is 3. The lowest BCUT2D eigenvalue weighted by Gasteiger charge is -2.34. The van der Waals surface area contributed by atoms with Crippen LogP contribution >= 0.6 is 6.72 Å². The van der Waals surface area contributed by atoms with Crippen LogP contribution in [0.15, 0.2) is 21.9 Å². The quantitative estimate of drug-likeness (QED) is 0.767. The molecular weight excluding hydrogens is 381 g/mol. The number of nitrogens with zero attached hydrogens (tertiary/aromatic N) is 1. The van der Waals surface area contributed by atoms with Gasteiger partial charge in [0.1, 0.15) is 18.4 Å². The first-order valence-corrected chi connectivity index (χ1v) is 9.93. The number of aromatic amines is 1. The zero-order valence-electron chi connectivity index (χ0n) is 13.8. The van der Waals surface area contributed by atoms with Crippen LogP contribution in [0.2, 0.25) is 0 Å². The molecule has 0 radical (unpaired) electrons. The molecular formula is C13H23F2N2O6PS. The highest BCUT2D eigenvalue weighted by molar-refractivity contribution is 8.07. The molecule has 2 aliphatic rings. The van der Waals surface area contributed by atoms with Crippen molar-refractivity contribution in [1.82, 2.24) is 9.55 Å². The van der Waals surface area contributed by atoms with Crippen molar-refractivity contribution in [3.63, 3.8) is 0 Å². The van der Waals surface area contributed by atoms with Gasteiger partial charge in [0.15, 0.2) is 0 Å². The van der Waals surface area contributed by atoms with Crippen LogP contribution in [-0.2, 0) is 30.1 Å². The Balaban J connectivity index is 0.00000208. The Morgan fingerprint density at radius 1 is 1.44 bits per heavy atom. The first-order valence-electron chi connectivity index (χ1n) is 7.37. The molecule has 0 amide bonds. The number of hydrogen-bond acceptors (Lipinski definition) is 7. The molecule has 1 aromatic rings. The zero-order valence-corrected chi connectivity index (χ0v) is 15.5. The van der Waals surface area contributed by atoms with E-state index in [9.17, 15) is 9.59 Å². The molecule has 2 aliphatic heterocycles. The van der Waals surface area contributed by atoms with Gasteiger partial charge in [0.2, 0.25) is 0 Å². The molecule has 0 spiro atoms. The number of fused-ring (bicyclic) bond motifs is 1. The standard InChI is InChI=1S/C13H19N2O6PS.2FH.H2/c1-7(2)20-22(23)18-6-9-11(21-22)8(3)12(19-9)15-5-4-10(16)14-13(15)17;;;/h4-5,7-9,11-12H,6H2,1-3H3,(H,14,16,17);3*1H/t8-,9+,11-,12+,22?;;;/m0.../s1. The lowest BCUT2D eigenvalue weighted by molar-refractivity contribution is -0.0652. The van der Waals surface area contributed by atoms with Gasteiger partial charge in [-0.25, -0.2) is 4.79 Å². The lowest BCUT2D eigenvalue weighted by atomic mass is 10.0. The number of H-pyrrole nitrogens is 1. The Morgan fingerprint density at radius 3 is 2.72 bits per heavy atom. The van der Waals surface area contributed by atoms with Crippen LogP contribution in [0.4, 0.5) is 9.41 Å². The summed E-state index contributed by atoms with van der Waals surface area (Å²) < 4.78 is 24.4. The fourth-order valence-electron chi connectivity index (χ4n) is 2.78. The highest BCUT2D eigenvalue weighted by Crippen LogP contribution is 2.58. The smallest absolute Gasteiger partial charge is 0.330 e. The van der Waals surface area contributed by atoms with Crippen LogP contribution in [0.25, 0.3) is 0 Å². The molecule has 2 saturated heterocycles. The number of aromatic nitrogens is 2. The van der Waals surface area contributed by atoms with Gasteiger partial charge >= 0.3 is 12.4 Å². The van der Waals surface area contributed by atoms with Gasteiger partial charge in [-0.3, -0.25) is 23.8 Å². The van der Waals surface area contributed by atoms with Gasteiger partial charge in [-0.05, 0) is 25.7 Å². The lowest BCUT2D eigenvalue weighted by Crippen LogP contribution is -2.36. The minimum absolute atomic E-state index is 0. The monoisotopic (exact) mass is 404 g/mol. The third-order valence-electron chi connectivity index (χ3n) is 3.76. The average molecular weight is 404 g/mol.